The molecular weight excluding hydrogens is 408 g/mol. The lowest BCUT2D eigenvalue weighted by Gasteiger charge is -2.60. The number of aromatic nitrogens is 6. The van der Waals surface area contributed by atoms with Crippen molar-refractivity contribution in [3.63, 3.8) is 0 Å². The maximum Gasteiger partial charge on any atom is 0.226 e. The molecule has 5 heterocycles. The fourth-order valence-electron chi connectivity index (χ4n) is 4.85. The molecule has 2 aliphatic heterocycles. The van der Waals surface area contributed by atoms with Gasteiger partial charge in [0.2, 0.25) is 11.8 Å². The number of aryl methyl sites for hydroxylation is 2. The maximum absolute atomic E-state index is 11.4. The Bertz CT molecular complexity index is 1100. The predicted molar refractivity (Wildman–Crippen MR) is 118 cm³/mol. The third kappa shape index (κ3) is 3.49. The molecule has 32 heavy (non-hydrogen) atoms. The minimum absolute atomic E-state index is 0.182. The van der Waals surface area contributed by atoms with E-state index in [1.54, 1.807) is 25.6 Å². The van der Waals surface area contributed by atoms with Gasteiger partial charge in [0, 0.05) is 48.1 Å². The number of hydrogen-bond acceptors (Lipinski definition) is 9. The van der Waals surface area contributed by atoms with Gasteiger partial charge in [-0.1, -0.05) is 6.92 Å². The molecule has 10 heteroatoms. The number of piperidine rings is 1. The van der Waals surface area contributed by atoms with Crippen molar-refractivity contribution in [2.24, 2.45) is 5.41 Å². The Morgan fingerprint density at radius 2 is 1.84 bits per heavy atom. The van der Waals surface area contributed by atoms with Crippen LogP contribution in [0.1, 0.15) is 36.5 Å². The van der Waals surface area contributed by atoms with E-state index >= 15 is 0 Å². The highest BCUT2D eigenvalue weighted by Crippen LogP contribution is 2.46. The summed E-state index contributed by atoms with van der Waals surface area (Å²) in [5.74, 6) is 1.67. The molecule has 3 unspecified atom stereocenters. The van der Waals surface area contributed by atoms with Crippen LogP contribution in [0.15, 0.2) is 30.6 Å². The second-order valence-electron chi connectivity index (χ2n) is 8.95. The monoisotopic (exact) mass is 436 g/mol. The fourth-order valence-corrected chi connectivity index (χ4v) is 4.85. The number of fused-ring (bicyclic) bond motifs is 1. The summed E-state index contributed by atoms with van der Waals surface area (Å²) >= 11 is 0. The van der Waals surface area contributed by atoms with Crippen LogP contribution in [0.3, 0.4) is 0 Å². The van der Waals surface area contributed by atoms with Crippen molar-refractivity contribution < 1.29 is 9.84 Å². The summed E-state index contributed by atoms with van der Waals surface area (Å²) in [6.45, 7) is 8.72. The molecule has 0 spiro atoms. The van der Waals surface area contributed by atoms with Gasteiger partial charge in [-0.25, -0.2) is 9.97 Å². The molecule has 10 nitrogen and oxygen atoms in total. The number of pyridine rings is 1. The number of likely N-dealkylation sites (tertiary alicyclic amines) is 1. The number of ether oxygens (including phenoxy) is 1. The van der Waals surface area contributed by atoms with Crippen molar-refractivity contribution in [2.75, 3.05) is 31.6 Å². The van der Waals surface area contributed by atoms with Gasteiger partial charge in [0.15, 0.2) is 5.82 Å². The van der Waals surface area contributed by atoms with Crippen LogP contribution >= 0.6 is 0 Å². The Labute approximate surface area is 186 Å². The predicted octanol–water partition coefficient (Wildman–Crippen LogP) is 1.67. The van der Waals surface area contributed by atoms with Crippen LogP contribution in [0.2, 0.25) is 0 Å². The highest BCUT2D eigenvalue weighted by atomic mass is 16.5. The molecule has 2 aliphatic rings. The molecular formula is C22H28N8O2. The minimum atomic E-state index is -0.846. The number of hydrogen-bond donors (Lipinski definition) is 1. The van der Waals surface area contributed by atoms with Crippen molar-refractivity contribution >= 4 is 5.95 Å². The SMILES string of the molecule is COc1ccc(C(O)N2CCC3(C)CN(c4nc(C)cc(C)n4)C3C2)c(-n2nccn2)n1. The van der Waals surface area contributed by atoms with Gasteiger partial charge in [-0.2, -0.15) is 15.2 Å². The zero-order valence-corrected chi connectivity index (χ0v) is 18.8. The minimum Gasteiger partial charge on any atom is -0.481 e. The summed E-state index contributed by atoms with van der Waals surface area (Å²) in [4.78, 5) is 19.6. The average molecular weight is 437 g/mol. The Morgan fingerprint density at radius 3 is 2.53 bits per heavy atom. The summed E-state index contributed by atoms with van der Waals surface area (Å²) in [6, 6.07) is 5.79. The number of aliphatic hydroxyl groups is 1. The van der Waals surface area contributed by atoms with Crippen LogP contribution in [0, 0.1) is 19.3 Å². The van der Waals surface area contributed by atoms with Crippen molar-refractivity contribution in [3.8, 4) is 11.7 Å². The zero-order chi connectivity index (χ0) is 22.5. The van der Waals surface area contributed by atoms with Gasteiger partial charge in [-0.05, 0) is 32.4 Å². The lowest BCUT2D eigenvalue weighted by Crippen LogP contribution is -2.71. The Balaban J connectivity index is 1.42. The first-order chi connectivity index (χ1) is 15.4. The second-order valence-corrected chi connectivity index (χ2v) is 8.95. The average Bonchev–Trinajstić information content (AvgIpc) is 3.30. The molecule has 0 bridgehead atoms. The van der Waals surface area contributed by atoms with Gasteiger partial charge >= 0.3 is 0 Å². The molecule has 3 aromatic rings. The lowest BCUT2D eigenvalue weighted by atomic mass is 9.68. The summed E-state index contributed by atoms with van der Waals surface area (Å²) in [5.41, 5.74) is 2.75. The van der Waals surface area contributed by atoms with Gasteiger partial charge in [0.25, 0.3) is 0 Å². The highest BCUT2D eigenvalue weighted by Gasteiger charge is 2.53. The van der Waals surface area contributed by atoms with Crippen LogP contribution in [-0.4, -0.2) is 72.7 Å². The molecule has 1 N–H and O–H groups in total. The van der Waals surface area contributed by atoms with Crippen LogP contribution in [0.5, 0.6) is 5.88 Å². The van der Waals surface area contributed by atoms with E-state index in [-0.39, 0.29) is 11.5 Å². The first-order valence-corrected chi connectivity index (χ1v) is 10.8. The van der Waals surface area contributed by atoms with E-state index in [0.717, 1.165) is 36.8 Å². The highest BCUT2D eigenvalue weighted by molar-refractivity contribution is 5.42. The number of aliphatic hydroxyl groups excluding tert-OH is 1. The van der Waals surface area contributed by atoms with Gasteiger partial charge in [-0.15, -0.1) is 4.80 Å². The molecule has 0 amide bonds. The quantitative estimate of drug-likeness (QED) is 0.639. The third-order valence-electron chi connectivity index (χ3n) is 6.64. The third-order valence-corrected chi connectivity index (χ3v) is 6.64. The van der Waals surface area contributed by atoms with E-state index in [9.17, 15) is 5.11 Å². The zero-order valence-electron chi connectivity index (χ0n) is 18.8. The molecule has 168 valence electrons. The van der Waals surface area contributed by atoms with E-state index in [0.29, 0.717) is 23.8 Å². The van der Waals surface area contributed by atoms with Crippen LogP contribution < -0.4 is 9.64 Å². The van der Waals surface area contributed by atoms with Gasteiger partial charge < -0.3 is 14.7 Å². The summed E-state index contributed by atoms with van der Waals surface area (Å²) < 4.78 is 5.27. The Morgan fingerprint density at radius 1 is 1.12 bits per heavy atom. The van der Waals surface area contributed by atoms with Crippen molar-refractivity contribution in [2.45, 2.75) is 39.5 Å². The van der Waals surface area contributed by atoms with Crippen LogP contribution in [-0.2, 0) is 0 Å². The first kappa shape index (κ1) is 20.8. The lowest BCUT2D eigenvalue weighted by molar-refractivity contribution is -0.0616. The van der Waals surface area contributed by atoms with Gasteiger partial charge in [0.05, 0.1) is 25.5 Å². The normalized spacial score (nSPS) is 24.0. The largest absolute Gasteiger partial charge is 0.481 e. The number of nitrogens with zero attached hydrogens (tertiary/aromatic N) is 8. The van der Waals surface area contributed by atoms with E-state index in [1.165, 1.54) is 4.80 Å². The molecule has 0 saturated carbocycles. The van der Waals surface area contributed by atoms with Crippen molar-refractivity contribution in [1.82, 2.24) is 34.8 Å². The molecule has 0 aromatic carbocycles. The molecule has 3 aromatic heterocycles. The molecule has 0 aliphatic carbocycles. The number of anilines is 1. The van der Waals surface area contributed by atoms with Crippen LogP contribution in [0.25, 0.3) is 5.82 Å². The smallest absolute Gasteiger partial charge is 0.226 e. The molecule has 5 rings (SSSR count). The molecule has 2 fully saturated rings. The van der Waals surface area contributed by atoms with Crippen LogP contribution in [0.4, 0.5) is 5.95 Å². The van der Waals surface area contributed by atoms with E-state index in [4.69, 9.17) is 4.74 Å². The standard InChI is InChI=1S/C22H28N8O2/c1-14-11-15(2)26-21(25-14)29-13-22(3)7-10-28(12-17(22)29)20(31)16-5-6-18(32-4)27-19(16)30-23-8-9-24-30/h5-6,8-9,11,17,20,31H,7,10,12-13H2,1-4H3. The maximum atomic E-state index is 11.4. The Kier molecular flexibility index (Phi) is 5.06. The van der Waals surface area contributed by atoms with E-state index in [1.807, 2.05) is 26.0 Å². The molecule has 2 saturated heterocycles. The summed E-state index contributed by atoms with van der Waals surface area (Å²) in [6.07, 6.45) is 3.30. The number of rotatable bonds is 5. The Hall–Kier alpha value is -3.11. The van der Waals surface area contributed by atoms with Crippen molar-refractivity contribution in [3.05, 3.63) is 47.5 Å². The topological polar surface area (TPSA) is 105 Å². The van der Waals surface area contributed by atoms with E-state index < -0.39 is 6.23 Å². The molecule has 3 atom stereocenters. The summed E-state index contributed by atoms with van der Waals surface area (Å²) in [5, 5.41) is 19.8. The fraction of sp³-hybridized carbons (Fsp3) is 0.500. The van der Waals surface area contributed by atoms with Gasteiger partial charge in [-0.3, -0.25) is 4.90 Å². The van der Waals surface area contributed by atoms with Crippen molar-refractivity contribution in [1.29, 1.82) is 0 Å². The first-order valence-electron chi connectivity index (χ1n) is 10.8. The van der Waals surface area contributed by atoms with Gasteiger partial charge in [0.1, 0.15) is 6.23 Å². The number of methoxy groups -OCH3 is 1. The van der Waals surface area contributed by atoms with E-state index in [2.05, 4.69) is 41.9 Å². The summed E-state index contributed by atoms with van der Waals surface area (Å²) in [7, 11) is 1.56. The second kappa shape index (κ2) is 7.79. The molecule has 0 radical (unpaired) electrons.